The van der Waals surface area contributed by atoms with Crippen LogP contribution in [-0.4, -0.2) is 14.2 Å². The van der Waals surface area contributed by atoms with Crippen molar-refractivity contribution in [2.45, 2.75) is 6.54 Å². The van der Waals surface area contributed by atoms with Crippen molar-refractivity contribution >= 4 is 11.4 Å². The summed E-state index contributed by atoms with van der Waals surface area (Å²) >= 11 is 0. The van der Waals surface area contributed by atoms with E-state index in [0.29, 0.717) is 12.2 Å². The molecule has 0 aromatic heterocycles. The number of hydrogen-bond donors (Lipinski definition) is 1. The van der Waals surface area contributed by atoms with E-state index in [1.165, 1.54) is 12.1 Å². The number of ether oxygens (including phenoxy) is 1. The van der Waals surface area contributed by atoms with E-state index < -0.39 is 0 Å². The van der Waals surface area contributed by atoms with Crippen molar-refractivity contribution in [3.8, 4) is 5.75 Å². The molecule has 0 fully saturated rings. The molecule has 19 heavy (non-hydrogen) atoms. The van der Waals surface area contributed by atoms with Gasteiger partial charge in [-0.05, 0) is 36.4 Å². The third kappa shape index (κ3) is 3.16. The first-order valence-corrected chi connectivity index (χ1v) is 5.99. The van der Waals surface area contributed by atoms with Gasteiger partial charge in [-0.1, -0.05) is 6.07 Å². The van der Waals surface area contributed by atoms with Gasteiger partial charge < -0.3 is 15.4 Å². The van der Waals surface area contributed by atoms with Gasteiger partial charge in [0.2, 0.25) is 0 Å². The van der Waals surface area contributed by atoms with Gasteiger partial charge in [0.15, 0.2) is 0 Å². The fraction of sp³-hybridized carbons (Fsp3) is 0.200. The largest absolute Gasteiger partial charge is 0.496 e. The highest BCUT2D eigenvalue weighted by molar-refractivity contribution is 5.51. The maximum absolute atomic E-state index is 13.2. The van der Waals surface area contributed by atoms with E-state index in [1.54, 1.807) is 19.2 Å². The Morgan fingerprint density at radius 3 is 2.68 bits per heavy atom. The van der Waals surface area contributed by atoms with Crippen LogP contribution >= 0.6 is 0 Å². The normalized spacial score (nSPS) is 10.3. The lowest BCUT2D eigenvalue weighted by Gasteiger charge is -2.21. The number of nitrogens with zero attached hydrogens (tertiary/aromatic N) is 1. The zero-order valence-corrected chi connectivity index (χ0v) is 11.1. The SMILES string of the molecule is COc1ccc(N)cc1CN(C)c1cccc(F)c1. The first-order valence-electron chi connectivity index (χ1n) is 5.99. The number of nitrogens with two attached hydrogens (primary N) is 1. The minimum absolute atomic E-state index is 0.246. The average Bonchev–Trinajstić information content (AvgIpc) is 2.39. The van der Waals surface area contributed by atoms with Crippen LogP contribution in [0.2, 0.25) is 0 Å². The number of methoxy groups -OCH3 is 1. The highest BCUT2D eigenvalue weighted by Gasteiger charge is 2.08. The van der Waals surface area contributed by atoms with Gasteiger partial charge >= 0.3 is 0 Å². The van der Waals surface area contributed by atoms with Crippen LogP contribution in [0.1, 0.15) is 5.56 Å². The third-order valence-corrected chi connectivity index (χ3v) is 2.96. The summed E-state index contributed by atoms with van der Waals surface area (Å²) < 4.78 is 18.5. The summed E-state index contributed by atoms with van der Waals surface area (Å²) in [7, 11) is 3.52. The maximum Gasteiger partial charge on any atom is 0.125 e. The molecule has 0 spiro atoms. The second kappa shape index (κ2) is 5.61. The predicted octanol–water partition coefficient (Wildman–Crippen LogP) is 3.05. The standard InChI is InChI=1S/C15H17FN2O/c1-18(14-5-3-4-12(16)9-14)10-11-8-13(17)6-7-15(11)19-2/h3-9H,10,17H2,1-2H3. The van der Waals surface area contributed by atoms with Crippen LogP contribution in [0.3, 0.4) is 0 Å². The van der Waals surface area contributed by atoms with E-state index >= 15 is 0 Å². The van der Waals surface area contributed by atoms with Crippen LogP contribution in [0.15, 0.2) is 42.5 Å². The van der Waals surface area contributed by atoms with Gasteiger partial charge in [0.05, 0.1) is 7.11 Å². The fourth-order valence-electron chi connectivity index (χ4n) is 1.98. The third-order valence-electron chi connectivity index (χ3n) is 2.96. The molecule has 3 nitrogen and oxygen atoms in total. The van der Waals surface area contributed by atoms with E-state index in [-0.39, 0.29) is 5.82 Å². The van der Waals surface area contributed by atoms with Gasteiger partial charge in [-0.25, -0.2) is 4.39 Å². The van der Waals surface area contributed by atoms with Gasteiger partial charge in [-0.3, -0.25) is 0 Å². The van der Waals surface area contributed by atoms with Gasteiger partial charge in [-0.2, -0.15) is 0 Å². The topological polar surface area (TPSA) is 38.5 Å². The fourth-order valence-corrected chi connectivity index (χ4v) is 1.98. The second-order valence-corrected chi connectivity index (χ2v) is 4.41. The summed E-state index contributed by atoms with van der Waals surface area (Å²) in [5, 5.41) is 0. The van der Waals surface area contributed by atoms with E-state index in [4.69, 9.17) is 10.5 Å². The second-order valence-electron chi connectivity index (χ2n) is 4.41. The monoisotopic (exact) mass is 260 g/mol. The number of rotatable bonds is 4. The van der Waals surface area contributed by atoms with Crippen molar-refractivity contribution in [3.63, 3.8) is 0 Å². The summed E-state index contributed by atoms with van der Waals surface area (Å²) in [5.41, 5.74) is 8.25. The van der Waals surface area contributed by atoms with Crippen LogP contribution in [0.5, 0.6) is 5.75 Å². The molecule has 0 unspecified atom stereocenters. The van der Waals surface area contributed by atoms with Crippen LogP contribution in [0.25, 0.3) is 0 Å². The molecule has 0 saturated heterocycles. The molecule has 100 valence electrons. The Morgan fingerprint density at radius 2 is 2.00 bits per heavy atom. The molecule has 0 heterocycles. The Labute approximate surface area is 112 Å². The molecule has 2 aromatic rings. The molecular weight excluding hydrogens is 243 g/mol. The minimum atomic E-state index is -0.246. The van der Waals surface area contributed by atoms with Crippen molar-refractivity contribution in [1.29, 1.82) is 0 Å². The molecule has 4 heteroatoms. The number of benzene rings is 2. The first-order chi connectivity index (χ1) is 9.10. The van der Waals surface area contributed by atoms with Gasteiger partial charge in [-0.15, -0.1) is 0 Å². The van der Waals surface area contributed by atoms with Crippen LogP contribution in [0.4, 0.5) is 15.8 Å². The maximum atomic E-state index is 13.2. The molecule has 0 bridgehead atoms. The Balaban J connectivity index is 2.23. The molecule has 0 amide bonds. The van der Waals surface area contributed by atoms with Crippen LogP contribution < -0.4 is 15.4 Å². The van der Waals surface area contributed by atoms with Gasteiger partial charge in [0.1, 0.15) is 11.6 Å². The average molecular weight is 260 g/mol. The molecular formula is C15H17FN2O. The molecule has 0 aliphatic heterocycles. The summed E-state index contributed by atoms with van der Waals surface area (Å²) in [6.45, 7) is 0.595. The molecule has 2 N–H and O–H groups in total. The quantitative estimate of drug-likeness (QED) is 0.859. The van der Waals surface area contributed by atoms with Crippen LogP contribution in [-0.2, 0) is 6.54 Å². The number of nitrogen functional groups attached to an aromatic ring is 1. The first kappa shape index (κ1) is 13.2. The summed E-state index contributed by atoms with van der Waals surface area (Å²) in [5.74, 6) is 0.529. The van der Waals surface area contributed by atoms with Crippen molar-refractivity contribution < 1.29 is 9.13 Å². The predicted molar refractivity (Wildman–Crippen MR) is 75.9 cm³/mol. The van der Waals surface area contributed by atoms with E-state index in [9.17, 15) is 4.39 Å². The molecule has 0 atom stereocenters. The Kier molecular flexibility index (Phi) is 3.90. The number of hydrogen-bond acceptors (Lipinski definition) is 3. The van der Waals surface area contributed by atoms with Gasteiger partial charge in [0.25, 0.3) is 0 Å². The van der Waals surface area contributed by atoms with Crippen molar-refractivity contribution in [3.05, 3.63) is 53.8 Å². The van der Waals surface area contributed by atoms with Gasteiger partial charge in [0, 0.05) is 30.5 Å². The van der Waals surface area contributed by atoms with Crippen molar-refractivity contribution in [2.24, 2.45) is 0 Å². The van der Waals surface area contributed by atoms with Crippen molar-refractivity contribution in [2.75, 3.05) is 24.8 Å². The highest BCUT2D eigenvalue weighted by Crippen LogP contribution is 2.24. The Morgan fingerprint density at radius 1 is 1.21 bits per heavy atom. The molecule has 0 aliphatic carbocycles. The van der Waals surface area contributed by atoms with Crippen molar-refractivity contribution in [1.82, 2.24) is 0 Å². The highest BCUT2D eigenvalue weighted by atomic mass is 19.1. The molecule has 0 saturated carbocycles. The smallest absolute Gasteiger partial charge is 0.125 e. The number of anilines is 2. The van der Waals surface area contributed by atoms with E-state index in [2.05, 4.69) is 0 Å². The van der Waals surface area contributed by atoms with Crippen LogP contribution in [0, 0.1) is 5.82 Å². The summed E-state index contributed by atoms with van der Waals surface area (Å²) in [6, 6.07) is 12.0. The van der Waals surface area contributed by atoms with E-state index in [0.717, 1.165) is 17.0 Å². The molecule has 0 radical (unpaired) electrons. The molecule has 2 aromatic carbocycles. The lowest BCUT2D eigenvalue weighted by Crippen LogP contribution is -2.17. The zero-order chi connectivity index (χ0) is 13.8. The lowest BCUT2D eigenvalue weighted by atomic mass is 10.1. The Hall–Kier alpha value is -2.23. The molecule has 0 aliphatic rings. The number of halogens is 1. The lowest BCUT2D eigenvalue weighted by molar-refractivity contribution is 0.409. The minimum Gasteiger partial charge on any atom is -0.496 e. The molecule has 2 rings (SSSR count). The zero-order valence-electron chi connectivity index (χ0n) is 11.1. The Bertz CT molecular complexity index is 572. The summed E-state index contributed by atoms with van der Waals surface area (Å²) in [4.78, 5) is 1.94. The van der Waals surface area contributed by atoms with E-state index in [1.807, 2.05) is 30.1 Å². The summed E-state index contributed by atoms with van der Waals surface area (Å²) in [6.07, 6.45) is 0.